The van der Waals surface area contributed by atoms with E-state index in [2.05, 4.69) is 25.8 Å². The lowest BCUT2D eigenvalue weighted by Gasteiger charge is -2.47. The molecule has 2 unspecified atom stereocenters. The van der Waals surface area contributed by atoms with Crippen molar-refractivity contribution in [3.8, 4) is 0 Å². The second kappa shape index (κ2) is 5.80. The molecule has 0 amide bonds. The first kappa shape index (κ1) is 15.7. The van der Waals surface area contributed by atoms with Gasteiger partial charge in [0.25, 0.3) is 0 Å². The highest BCUT2D eigenvalue weighted by Crippen LogP contribution is 2.41. The van der Waals surface area contributed by atoms with E-state index in [1.165, 1.54) is 25.7 Å². The summed E-state index contributed by atoms with van der Waals surface area (Å²) in [5, 5.41) is 10.5. The molecule has 1 aliphatic heterocycles. The van der Waals surface area contributed by atoms with Gasteiger partial charge in [-0.1, -0.05) is 13.8 Å². The summed E-state index contributed by atoms with van der Waals surface area (Å²) in [6, 6.07) is 0.761. The molecule has 4 nitrogen and oxygen atoms in total. The van der Waals surface area contributed by atoms with E-state index in [-0.39, 0.29) is 12.1 Å². The SMILES string of the molecule is CN(C1CCC(C)(C)CC1)C1CC2(CCC1O)OCCO2. The summed E-state index contributed by atoms with van der Waals surface area (Å²) in [7, 11) is 2.19. The molecule has 2 aliphatic carbocycles. The number of aliphatic hydroxyl groups is 1. The van der Waals surface area contributed by atoms with Gasteiger partial charge in [-0.15, -0.1) is 0 Å². The Kier molecular flexibility index (Phi) is 4.34. The quantitative estimate of drug-likeness (QED) is 0.850. The van der Waals surface area contributed by atoms with E-state index in [1.54, 1.807) is 0 Å². The zero-order chi connectivity index (χ0) is 15.1. The average Bonchev–Trinajstić information content (AvgIpc) is 2.90. The normalized spacial score (nSPS) is 36.4. The maximum absolute atomic E-state index is 10.5. The molecule has 1 spiro atoms. The van der Waals surface area contributed by atoms with E-state index in [0.29, 0.717) is 24.7 Å². The van der Waals surface area contributed by atoms with Crippen LogP contribution in [-0.4, -0.2) is 54.2 Å². The lowest BCUT2D eigenvalue weighted by Crippen LogP contribution is -2.55. The van der Waals surface area contributed by atoms with Gasteiger partial charge < -0.3 is 14.6 Å². The Morgan fingerprint density at radius 2 is 1.62 bits per heavy atom. The number of rotatable bonds is 2. The minimum Gasteiger partial charge on any atom is -0.391 e. The number of hydrogen-bond donors (Lipinski definition) is 1. The van der Waals surface area contributed by atoms with Crippen LogP contribution in [0.15, 0.2) is 0 Å². The molecule has 1 N–H and O–H groups in total. The van der Waals surface area contributed by atoms with Gasteiger partial charge in [0.05, 0.1) is 19.3 Å². The maximum atomic E-state index is 10.5. The van der Waals surface area contributed by atoms with Gasteiger partial charge in [0.15, 0.2) is 5.79 Å². The molecule has 1 heterocycles. The van der Waals surface area contributed by atoms with Crippen molar-refractivity contribution < 1.29 is 14.6 Å². The standard InChI is InChI=1S/C17H31NO3/c1-16(2)7-4-13(5-8-16)18(3)14-12-17(9-6-15(14)19)20-10-11-21-17/h13-15,19H,4-12H2,1-3H3. The molecule has 3 aliphatic rings. The number of hydrogen-bond acceptors (Lipinski definition) is 4. The van der Waals surface area contributed by atoms with Crippen LogP contribution in [0.5, 0.6) is 0 Å². The summed E-state index contributed by atoms with van der Waals surface area (Å²) in [6.07, 6.45) is 7.21. The Morgan fingerprint density at radius 1 is 1.00 bits per heavy atom. The fourth-order valence-corrected chi connectivity index (χ4v) is 4.35. The number of likely N-dealkylation sites (N-methyl/N-ethyl adjacent to an activating group) is 1. The zero-order valence-corrected chi connectivity index (χ0v) is 13.8. The minimum atomic E-state index is -0.411. The second-order valence-electron chi connectivity index (χ2n) is 8.05. The summed E-state index contributed by atoms with van der Waals surface area (Å²) in [5.74, 6) is -0.411. The number of aliphatic hydroxyl groups excluding tert-OH is 1. The van der Waals surface area contributed by atoms with Crippen molar-refractivity contribution in [1.82, 2.24) is 4.90 Å². The molecular weight excluding hydrogens is 266 g/mol. The molecule has 2 saturated carbocycles. The Balaban J connectivity index is 1.64. The first-order valence-electron chi connectivity index (χ1n) is 8.59. The van der Waals surface area contributed by atoms with Crippen molar-refractivity contribution in [3.05, 3.63) is 0 Å². The monoisotopic (exact) mass is 297 g/mol. The molecular formula is C17H31NO3. The predicted molar refractivity (Wildman–Crippen MR) is 82.1 cm³/mol. The van der Waals surface area contributed by atoms with Gasteiger partial charge in [-0.3, -0.25) is 4.90 Å². The van der Waals surface area contributed by atoms with E-state index in [9.17, 15) is 5.11 Å². The topological polar surface area (TPSA) is 41.9 Å². The van der Waals surface area contributed by atoms with Crippen molar-refractivity contribution in [1.29, 1.82) is 0 Å². The van der Waals surface area contributed by atoms with Crippen molar-refractivity contribution in [2.75, 3.05) is 20.3 Å². The van der Waals surface area contributed by atoms with Gasteiger partial charge in [0.2, 0.25) is 0 Å². The molecule has 0 bridgehead atoms. The molecule has 21 heavy (non-hydrogen) atoms. The molecule has 0 aromatic heterocycles. The lowest BCUT2D eigenvalue weighted by atomic mass is 9.74. The molecule has 4 heteroatoms. The average molecular weight is 297 g/mol. The summed E-state index contributed by atoms with van der Waals surface area (Å²) in [4.78, 5) is 2.42. The fourth-order valence-electron chi connectivity index (χ4n) is 4.35. The van der Waals surface area contributed by atoms with E-state index in [1.807, 2.05) is 0 Å². The molecule has 0 radical (unpaired) electrons. The molecule has 3 fully saturated rings. The highest BCUT2D eigenvalue weighted by molar-refractivity contribution is 4.95. The maximum Gasteiger partial charge on any atom is 0.170 e. The Bertz CT molecular complexity index is 355. The predicted octanol–water partition coefficient (Wildman–Crippen LogP) is 2.54. The van der Waals surface area contributed by atoms with Crippen LogP contribution in [0.2, 0.25) is 0 Å². The van der Waals surface area contributed by atoms with E-state index >= 15 is 0 Å². The smallest absolute Gasteiger partial charge is 0.170 e. The van der Waals surface area contributed by atoms with Gasteiger partial charge in [-0.25, -0.2) is 0 Å². The van der Waals surface area contributed by atoms with Gasteiger partial charge >= 0.3 is 0 Å². The third kappa shape index (κ3) is 3.29. The van der Waals surface area contributed by atoms with E-state index < -0.39 is 5.79 Å². The van der Waals surface area contributed by atoms with Crippen LogP contribution in [0.25, 0.3) is 0 Å². The third-order valence-corrected chi connectivity index (χ3v) is 6.01. The van der Waals surface area contributed by atoms with Crippen LogP contribution in [0.3, 0.4) is 0 Å². The van der Waals surface area contributed by atoms with Crippen LogP contribution in [0.1, 0.15) is 58.8 Å². The zero-order valence-electron chi connectivity index (χ0n) is 13.8. The molecule has 0 aromatic carbocycles. The van der Waals surface area contributed by atoms with Crippen molar-refractivity contribution in [2.45, 2.75) is 82.8 Å². The fraction of sp³-hybridized carbons (Fsp3) is 1.00. The van der Waals surface area contributed by atoms with E-state index in [0.717, 1.165) is 19.3 Å². The lowest BCUT2D eigenvalue weighted by molar-refractivity contribution is -0.206. The van der Waals surface area contributed by atoms with Crippen LogP contribution in [-0.2, 0) is 9.47 Å². The highest BCUT2D eigenvalue weighted by atomic mass is 16.7. The Hall–Kier alpha value is -0.160. The van der Waals surface area contributed by atoms with Crippen LogP contribution >= 0.6 is 0 Å². The third-order valence-electron chi connectivity index (χ3n) is 6.01. The first-order chi connectivity index (χ1) is 9.91. The van der Waals surface area contributed by atoms with Gasteiger partial charge in [-0.2, -0.15) is 0 Å². The van der Waals surface area contributed by atoms with Crippen molar-refractivity contribution >= 4 is 0 Å². The summed E-state index contributed by atoms with van der Waals surface area (Å²) in [5.41, 5.74) is 0.488. The number of ether oxygens (including phenoxy) is 2. The number of nitrogens with zero attached hydrogens (tertiary/aromatic N) is 1. The van der Waals surface area contributed by atoms with Gasteiger partial charge in [0, 0.05) is 24.9 Å². The van der Waals surface area contributed by atoms with Crippen LogP contribution in [0.4, 0.5) is 0 Å². The van der Waals surface area contributed by atoms with Crippen LogP contribution in [0, 0.1) is 5.41 Å². The molecule has 1 saturated heterocycles. The minimum absolute atomic E-state index is 0.170. The Labute approximate surface area is 128 Å². The van der Waals surface area contributed by atoms with Crippen molar-refractivity contribution in [2.24, 2.45) is 5.41 Å². The van der Waals surface area contributed by atoms with Gasteiger partial charge in [0.1, 0.15) is 0 Å². The van der Waals surface area contributed by atoms with Crippen molar-refractivity contribution in [3.63, 3.8) is 0 Å². The molecule has 122 valence electrons. The van der Waals surface area contributed by atoms with Crippen LogP contribution < -0.4 is 0 Å². The van der Waals surface area contributed by atoms with E-state index in [4.69, 9.17) is 9.47 Å². The molecule has 3 rings (SSSR count). The summed E-state index contributed by atoms with van der Waals surface area (Å²) in [6.45, 7) is 6.13. The molecule has 2 atom stereocenters. The summed E-state index contributed by atoms with van der Waals surface area (Å²) < 4.78 is 11.7. The van der Waals surface area contributed by atoms with Gasteiger partial charge in [-0.05, 0) is 44.6 Å². The Morgan fingerprint density at radius 3 is 2.24 bits per heavy atom. The highest BCUT2D eigenvalue weighted by Gasteiger charge is 2.47. The largest absolute Gasteiger partial charge is 0.391 e. The molecule has 0 aromatic rings. The summed E-state index contributed by atoms with van der Waals surface area (Å²) >= 11 is 0. The second-order valence-corrected chi connectivity index (χ2v) is 8.05. The first-order valence-corrected chi connectivity index (χ1v) is 8.59.